The van der Waals surface area contributed by atoms with Gasteiger partial charge in [0.2, 0.25) is 0 Å². The van der Waals surface area contributed by atoms with Gasteiger partial charge in [0.15, 0.2) is 4.88 Å². The molecule has 0 bridgehead atoms. The van der Waals surface area contributed by atoms with E-state index in [-0.39, 0.29) is 10.6 Å². The number of carbonyl (C=O) groups is 1. The zero-order valence-electron chi connectivity index (χ0n) is 11.3. The Morgan fingerprint density at radius 3 is 2.25 bits per heavy atom. The number of nitrogens with two attached hydrogens (primary N) is 1. The van der Waals surface area contributed by atoms with Crippen LogP contribution in [-0.2, 0) is 4.74 Å². The number of hydrogen-bond donors (Lipinski definition) is 1. The highest BCUT2D eigenvalue weighted by molar-refractivity contribution is 7.09. The number of hydrogen-bond acceptors (Lipinski definition) is 7. The summed E-state index contributed by atoms with van der Waals surface area (Å²) in [7, 11) is 4.42. The summed E-state index contributed by atoms with van der Waals surface area (Å²) < 4.78 is 19.3. The number of anilines is 1. The molecule has 106 valence electrons. The summed E-state index contributed by atoms with van der Waals surface area (Å²) >= 11 is 0.999. The topological polar surface area (TPSA) is 83.7 Å². The molecule has 0 radical (unpaired) electrons. The van der Waals surface area contributed by atoms with Crippen LogP contribution in [0.2, 0.25) is 0 Å². The van der Waals surface area contributed by atoms with E-state index in [4.69, 9.17) is 15.2 Å². The molecule has 2 N–H and O–H groups in total. The lowest BCUT2D eigenvalue weighted by atomic mass is 10.1. The molecule has 0 unspecified atom stereocenters. The quantitative estimate of drug-likeness (QED) is 0.870. The van der Waals surface area contributed by atoms with E-state index >= 15 is 0 Å². The molecule has 2 rings (SSSR count). The van der Waals surface area contributed by atoms with Crippen molar-refractivity contribution in [1.29, 1.82) is 0 Å². The van der Waals surface area contributed by atoms with Crippen LogP contribution in [0, 0.1) is 0 Å². The Kier molecular flexibility index (Phi) is 4.09. The molecule has 0 aliphatic rings. The maximum Gasteiger partial charge on any atom is 0.351 e. The van der Waals surface area contributed by atoms with Gasteiger partial charge in [-0.3, -0.25) is 0 Å². The van der Waals surface area contributed by atoms with Crippen LogP contribution in [0.1, 0.15) is 9.67 Å². The van der Waals surface area contributed by atoms with Crippen LogP contribution in [0.3, 0.4) is 0 Å². The molecule has 0 aliphatic carbocycles. The van der Waals surface area contributed by atoms with E-state index in [0.29, 0.717) is 22.8 Å². The van der Waals surface area contributed by atoms with Crippen LogP contribution >= 0.6 is 11.5 Å². The van der Waals surface area contributed by atoms with Gasteiger partial charge in [-0.2, -0.15) is 4.37 Å². The van der Waals surface area contributed by atoms with Crippen molar-refractivity contribution in [2.75, 3.05) is 27.1 Å². The van der Waals surface area contributed by atoms with Crippen molar-refractivity contribution in [2.24, 2.45) is 0 Å². The van der Waals surface area contributed by atoms with Crippen molar-refractivity contribution in [2.45, 2.75) is 0 Å². The number of nitrogens with zero attached hydrogens (tertiary/aromatic N) is 1. The fraction of sp³-hybridized carbons (Fsp3) is 0.231. The van der Waals surface area contributed by atoms with E-state index in [1.165, 1.54) is 7.11 Å². The fourth-order valence-corrected chi connectivity index (χ4v) is 2.43. The fourth-order valence-electron chi connectivity index (χ4n) is 1.69. The number of aromatic nitrogens is 1. The molecule has 20 heavy (non-hydrogen) atoms. The number of benzene rings is 1. The maximum atomic E-state index is 11.5. The zero-order chi connectivity index (χ0) is 14.7. The van der Waals surface area contributed by atoms with Gasteiger partial charge in [-0.05, 0) is 23.7 Å². The molecule has 6 nitrogen and oxygen atoms in total. The highest BCUT2D eigenvalue weighted by Crippen LogP contribution is 2.35. The summed E-state index contributed by atoms with van der Waals surface area (Å²) in [4.78, 5) is 11.8. The van der Waals surface area contributed by atoms with Crippen LogP contribution in [0.5, 0.6) is 11.5 Å². The lowest BCUT2D eigenvalue weighted by Crippen LogP contribution is -2.02. The van der Waals surface area contributed by atoms with Crippen molar-refractivity contribution in [1.82, 2.24) is 4.37 Å². The Hall–Kier alpha value is -2.28. The lowest BCUT2D eigenvalue weighted by Gasteiger charge is -2.07. The second-order valence-electron chi connectivity index (χ2n) is 3.87. The number of esters is 1. The van der Waals surface area contributed by atoms with Crippen molar-refractivity contribution in [3.05, 3.63) is 23.1 Å². The van der Waals surface area contributed by atoms with E-state index in [1.54, 1.807) is 32.4 Å². The number of nitrogen functional groups attached to an aromatic ring is 1. The van der Waals surface area contributed by atoms with E-state index < -0.39 is 5.97 Å². The van der Waals surface area contributed by atoms with Gasteiger partial charge in [0.1, 0.15) is 17.2 Å². The van der Waals surface area contributed by atoms with Crippen molar-refractivity contribution in [3.63, 3.8) is 0 Å². The number of rotatable bonds is 4. The van der Waals surface area contributed by atoms with Gasteiger partial charge in [-0.25, -0.2) is 4.79 Å². The molecule has 7 heteroatoms. The molecule has 0 saturated carbocycles. The van der Waals surface area contributed by atoms with Crippen molar-refractivity contribution < 1.29 is 19.0 Å². The molecule has 1 aromatic carbocycles. The Morgan fingerprint density at radius 2 is 1.75 bits per heavy atom. The molecule has 2 aromatic rings. The molecule has 0 amide bonds. The second kappa shape index (κ2) is 5.79. The monoisotopic (exact) mass is 294 g/mol. The van der Waals surface area contributed by atoms with Crippen LogP contribution in [0.15, 0.2) is 18.2 Å². The van der Waals surface area contributed by atoms with Crippen molar-refractivity contribution in [3.8, 4) is 22.8 Å². The summed E-state index contributed by atoms with van der Waals surface area (Å²) in [6.45, 7) is 0. The predicted molar refractivity (Wildman–Crippen MR) is 76.4 cm³/mol. The summed E-state index contributed by atoms with van der Waals surface area (Å²) in [5.74, 6) is 0.735. The average Bonchev–Trinajstić information content (AvgIpc) is 2.87. The minimum Gasteiger partial charge on any atom is -0.497 e. The van der Waals surface area contributed by atoms with Gasteiger partial charge in [0, 0.05) is 11.6 Å². The number of carbonyl (C=O) groups excluding carboxylic acids is 1. The summed E-state index contributed by atoms with van der Waals surface area (Å²) in [6.07, 6.45) is 0. The normalized spacial score (nSPS) is 10.2. The van der Waals surface area contributed by atoms with Gasteiger partial charge in [0.05, 0.1) is 27.0 Å². The highest BCUT2D eigenvalue weighted by Gasteiger charge is 2.19. The Balaban J connectivity index is 2.51. The van der Waals surface area contributed by atoms with Crippen LogP contribution in [0.4, 0.5) is 5.69 Å². The van der Waals surface area contributed by atoms with Gasteiger partial charge in [-0.1, -0.05) is 0 Å². The third kappa shape index (κ3) is 2.53. The van der Waals surface area contributed by atoms with Crippen LogP contribution < -0.4 is 15.2 Å². The predicted octanol–water partition coefficient (Wildman–Crippen LogP) is 2.20. The summed E-state index contributed by atoms with van der Waals surface area (Å²) in [5.41, 5.74) is 7.47. The maximum absolute atomic E-state index is 11.5. The lowest BCUT2D eigenvalue weighted by molar-refractivity contribution is 0.0607. The molecule has 1 aromatic heterocycles. The molecule has 0 atom stereocenters. The van der Waals surface area contributed by atoms with Gasteiger partial charge < -0.3 is 19.9 Å². The average molecular weight is 294 g/mol. The second-order valence-corrected chi connectivity index (χ2v) is 4.64. The summed E-state index contributed by atoms with van der Waals surface area (Å²) in [5, 5.41) is 0. The first-order valence-corrected chi connectivity index (χ1v) is 6.45. The third-order valence-electron chi connectivity index (χ3n) is 2.72. The number of ether oxygens (including phenoxy) is 3. The van der Waals surface area contributed by atoms with Crippen LogP contribution in [0.25, 0.3) is 11.3 Å². The number of methoxy groups -OCH3 is 3. The van der Waals surface area contributed by atoms with E-state index in [9.17, 15) is 4.79 Å². The minimum atomic E-state index is -0.499. The first kappa shape index (κ1) is 14.1. The van der Waals surface area contributed by atoms with Gasteiger partial charge >= 0.3 is 5.97 Å². The minimum absolute atomic E-state index is 0.282. The van der Waals surface area contributed by atoms with Crippen molar-refractivity contribution >= 4 is 23.2 Å². The molecule has 0 aliphatic heterocycles. The Bertz CT molecular complexity index is 617. The Morgan fingerprint density at radius 1 is 1.15 bits per heavy atom. The van der Waals surface area contributed by atoms with E-state index in [1.807, 2.05) is 0 Å². The molecular weight excluding hydrogens is 280 g/mol. The van der Waals surface area contributed by atoms with E-state index in [0.717, 1.165) is 11.5 Å². The van der Waals surface area contributed by atoms with Gasteiger partial charge in [0.25, 0.3) is 0 Å². The molecular formula is C13H14N2O4S. The molecule has 0 spiro atoms. The molecule has 0 saturated heterocycles. The zero-order valence-corrected chi connectivity index (χ0v) is 12.1. The highest BCUT2D eigenvalue weighted by atomic mass is 32.1. The smallest absolute Gasteiger partial charge is 0.351 e. The first-order chi connectivity index (χ1) is 9.60. The van der Waals surface area contributed by atoms with E-state index in [2.05, 4.69) is 9.11 Å². The molecule has 0 fully saturated rings. The van der Waals surface area contributed by atoms with Gasteiger partial charge in [-0.15, -0.1) is 0 Å². The summed E-state index contributed by atoms with van der Waals surface area (Å²) in [6, 6.07) is 5.29. The largest absolute Gasteiger partial charge is 0.497 e. The third-order valence-corrected chi connectivity index (χ3v) is 3.57. The van der Waals surface area contributed by atoms with Crippen LogP contribution in [-0.4, -0.2) is 31.7 Å². The Labute approximate surface area is 120 Å². The SMILES string of the molecule is COC(=O)c1snc(-c2cc(OC)cc(OC)c2)c1N. The molecule has 1 heterocycles. The first-order valence-electron chi connectivity index (χ1n) is 5.67. The standard InChI is InChI=1S/C13H14N2O4S/c1-17-8-4-7(5-9(6-8)18-2)11-10(14)12(20-15-11)13(16)19-3/h4-6H,14H2,1-3H3.